The first-order chi connectivity index (χ1) is 9.81. The third-order valence-electron chi connectivity index (χ3n) is 4.07. The van der Waals surface area contributed by atoms with Crippen molar-refractivity contribution in [3.63, 3.8) is 0 Å². The number of thiophene rings is 1. The van der Waals surface area contributed by atoms with Crippen molar-refractivity contribution >= 4 is 17.2 Å². The molecule has 1 aromatic rings. The molecular formula is C15H23N3OS. The van der Waals surface area contributed by atoms with Crippen molar-refractivity contribution in [1.82, 2.24) is 15.5 Å². The highest BCUT2D eigenvalue weighted by Gasteiger charge is 2.32. The second-order valence-corrected chi connectivity index (χ2v) is 6.84. The van der Waals surface area contributed by atoms with Gasteiger partial charge in [-0.1, -0.05) is 6.07 Å². The number of nitrogens with zero attached hydrogens (tertiary/aromatic N) is 1. The van der Waals surface area contributed by atoms with Gasteiger partial charge in [-0.2, -0.15) is 0 Å². The number of hydrogen-bond donors (Lipinski definition) is 2. The van der Waals surface area contributed by atoms with Gasteiger partial charge in [0.1, 0.15) is 0 Å². The fourth-order valence-electron chi connectivity index (χ4n) is 2.82. The summed E-state index contributed by atoms with van der Waals surface area (Å²) in [6, 6.07) is 5.31. The first kappa shape index (κ1) is 14.0. The summed E-state index contributed by atoms with van der Waals surface area (Å²) < 4.78 is 0. The zero-order valence-corrected chi connectivity index (χ0v) is 12.6. The van der Waals surface area contributed by atoms with Crippen LogP contribution in [0, 0.1) is 0 Å². The lowest BCUT2D eigenvalue weighted by atomic mass is 10.2. The Labute approximate surface area is 124 Å². The number of hydrogen-bond acceptors (Lipinski definition) is 4. The van der Waals surface area contributed by atoms with Crippen LogP contribution >= 0.6 is 11.3 Å². The average molecular weight is 293 g/mol. The van der Waals surface area contributed by atoms with E-state index in [1.807, 2.05) is 11.4 Å². The van der Waals surface area contributed by atoms with Crippen LogP contribution in [0.1, 0.15) is 30.6 Å². The van der Waals surface area contributed by atoms with E-state index in [0.717, 1.165) is 13.1 Å². The molecule has 2 aliphatic rings. The van der Waals surface area contributed by atoms with Gasteiger partial charge in [0, 0.05) is 23.5 Å². The highest BCUT2D eigenvalue weighted by Crippen LogP contribution is 2.27. The van der Waals surface area contributed by atoms with Crippen LogP contribution in [0.3, 0.4) is 0 Å². The molecule has 1 aliphatic heterocycles. The zero-order chi connectivity index (χ0) is 13.8. The minimum atomic E-state index is 0.156. The molecule has 110 valence electrons. The van der Waals surface area contributed by atoms with Gasteiger partial charge in [0.15, 0.2) is 0 Å². The van der Waals surface area contributed by atoms with E-state index in [4.69, 9.17) is 0 Å². The number of carbonyl (C=O) groups is 1. The van der Waals surface area contributed by atoms with Crippen LogP contribution in [0.4, 0.5) is 0 Å². The summed E-state index contributed by atoms with van der Waals surface area (Å²) in [5.74, 6) is 0.156. The van der Waals surface area contributed by atoms with Crippen LogP contribution in [0.25, 0.3) is 0 Å². The van der Waals surface area contributed by atoms with Gasteiger partial charge in [0.05, 0.1) is 13.1 Å². The van der Waals surface area contributed by atoms with Gasteiger partial charge in [0.2, 0.25) is 5.91 Å². The largest absolute Gasteiger partial charge is 0.350 e. The number of carbonyl (C=O) groups excluding carboxylic acids is 1. The van der Waals surface area contributed by atoms with Crippen molar-refractivity contribution in [1.29, 1.82) is 0 Å². The number of rotatable bonds is 7. The SMILES string of the molecule is O=C(CN(CC1CCCN1)C1CC1)NCc1cccs1. The molecule has 0 radical (unpaired) electrons. The molecule has 1 amide bonds. The lowest BCUT2D eigenvalue weighted by Crippen LogP contribution is -2.44. The fraction of sp³-hybridized carbons (Fsp3) is 0.667. The second-order valence-electron chi connectivity index (χ2n) is 5.81. The van der Waals surface area contributed by atoms with Gasteiger partial charge in [0.25, 0.3) is 0 Å². The molecular weight excluding hydrogens is 270 g/mol. The van der Waals surface area contributed by atoms with E-state index in [9.17, 15) is 4.79 Å². The summed E-state index contributed by atoms with van der Waals surface area (Å²) in [4.78, 5) is 15.7. The first-order valence-corrected chi connectivity index (χ1v) is 8.46. The maximum absolute atomic E-state index is 12.1. The zero-order valence-electron chi connectivity index (χ0n) is 11.8. The Morgan fingerprint density at radius 1 is 1.45 bits per heavy atom. The van der Waals surface area contributed by atoms with Gasteiger partial charge < -0.3 is 10.6 Å². The monoisotopic (exact) mass is 293 g/mol. The Morgan fingerprint density at radius 3 is 3.00 bits per heavy atom. The van der Waals surface area contributed by atoms with E-state index in [0.29, 0.717) is 25.2 Å². The van der Waals surface area contributed by atoms with Crippen molar-refractivity contribution in [2.75, 3.05) is 19.6 Å². The molecule has 0 bridgehead atoms. The Morgan fingerprint density at radius 2 is 2.35 bits per heavy atom. The average Bonchev–Trinajstić information content (AvgIpc) is 2.94. The van der Waals surface area contributed by atoms with E-state index in [1.165, 1.54) is 30.6 Å². The first-order valence-electron chi connectivity index (χ1n) is 7.58. The summed E-state index contributed by atoms with van der Waals surface area (Å²) in [5, 5.41) is 8.60. The molecule has 20 heavy (non-hydrogen) atoms. The normalized spacial score (nSPS) is 22.4. The summed E-state index contributed by atoms with van der Waals surface area (Å²) in [6.45, 7) is 3.37. The highest BCUT2D eigenvalue weighted by atomic mass is 32.1. The molecule has 1 atom stereocenters. The van der Waals surface area contributed by atoms with Gasteiger partial charge in [-0.3, -0.25) is 9.69 Å². The van der Waals surface area contributed by atoms with E-state index in [2.05, 4.69) is 21.6 Å². The Kier molecular flexibility index (Phi) is 4.70. The molecule has 2 N–H and O–H groups in total. The lowest BCUT2D eigenvalue weighted by molar-refractivity contribution is -0.122. The van der Waals surface area contributed by atoms with Crippen LogP contribution in [0.5, 0.6) is 0 Å². The quantitative estimate of drug-likeness (QED) is 0.802. The van der Waals surface area contributed by atoms with Gasteiger partial charge >= 0.3 is 0 Å². The van der Waals surface area contributed by atoms with Crippen LogP contribution in [0.2, 0.25) is 0 Å². The van der Waals surface area contributed by atoms with Crippen LogP contribution < -0.4 is 10.6 Å². The van der Waals surface area contributed by atoms with Gasteiger partial charge in [-0.05, 0) is 43.7 Å². The Bertz CT molecular complexity index is 424. The van der Waals surface area contributed by atoms with Crippen molar-refractivity contribution in [3.8, 4) is 0 Å². The molecule has 5 heteroatoms. The molecule has 0 aromatic carbocycles. The van der Waals surface area contributed by atoms with Crippen LogP contribution in [-0.2, 0) is 11.3 Å². The summed E-state index contributed by atoms with van der Waals surface area (Å²) in [7, 11) is 0. The summed E-state index contributed by atoms with van der Waals surface area (Å²) in [6.07, 6.45) is 5.03. The predicted octanol–water partition coefficient (Wildman–Crippen LogP) is 1.58. The predicted molar refractivity (Wildman–Crippen MR) is 81.8 cm³/mol. The third kappa shape index (κ3) is 4.04. The molecule has 2 heterocycles. The molecule has 1 unspecified atom stereocenters. The topological polar surface area (TPSA) is 44.4 Å². The highest BCUT2D eigenvalue weighted by molar-refractivity contribution is 7.09. The fourth-order valence-corrected chi connectivity index (χ4v) is 3.46. The van der Waals surface area contributed by atoms with Gasteiger partial charge in [-0.15, -0.1) is 11.3 Å². The molecule has 0 spiro atoms. The lowest BCUT2D eigenvalue weighted by Gasteiger charge is -2.24. The van der Waals surface area contributed by atoms with E-state index < -0.39 is 0 Å². The standard InChI is InChI=1S/C15H23N3OS/c19-15(17-9-14-4-2-8-20-14)11-18(13-5-6-13)10-12-3-1-7-16-12/h2,4,8,12-13,16H,1,3,5-7,9-11H2,(H,17,19). The van der Waals surface area contributed by atoms with Crippen molar-refractivity contribution in [2.24, 2.45) is 0 Å². The molecule has 1 aliphatic carbocycles. The molecule has 2 fully saturated rings. The van der Waals surface area contributed by atoms with Crippen LogP contribution in [0.15, 0.2) is 17.5 Å². The minimum absolute atomic E-state index is 0.156. The smallest absolute Gasteiger partial charge is 0.234 e. The second kappa shape index (κ2) is 6.70. The third-order valence-corrected chi connectivity index (χ3v) is 4.94. The van der Waals surface area contributed by atoms with Crippen molar-refractivity contribution in [2.45, 2.75) is 44.3 Å². The van der Waals surface area contributed by atoms with Crippen LogP contribution in [-0.4, -0.2) is 42.5 Å². The molecule has 1 saturated carbocycles. The summed E-state index contributed by atoms with van der Waals surface area (Å²) in [5.41, 5.74) is 0. The van der Waals surface area contributed by atoms with E-state index in [1.54, 1.807) is 11.3 Å². The van der Waals surface area contributed by atoms with E-state index in [-0.39, 0.29) is 5.91 Å². The maximum Gasteiger partial charge on any atom is 0.234 e. The van der Waals surface area contributed by atoms with Gasteiger partial charge in [-0.25, -0.2) is 0 Å². The number of nitrogens with one attached hydrogen (secondary N) is 2. The molecule has 3 rings (SSSR count). The maximum atomic E-state index is 12.1. The Hall–Kier alpha value is -0.910. The number of amides is 1. The minimum Gasteiger partial charge on any atom is -0.350 e. The molecule has 4 nitrogen and oxygen atoms in total. The molecule has 1 saturated heterocycles. The Balaban J connectivity index is 1.44. The van der Waals surface area contributed by atoms with Crippen molar-refractivity contribution < 1.29 is 4.79 Å². The van der Waals surface area contributed by atoms with Crippen molar-refractivity contribution in [3.05, 3.63) is 22.4 Å². The summed E-state index contributed by atoms with van der Waals surface area (Å²) >= 11 is 1.69. The van der Waals surface area contributed by atoms with E-state index >= 15 is 0 Å². The molecule has 1 aromatic heterocycles.